The second-order valence-electron chi connectivity index (χ2n) is 7.85. The van der Waals surface area contributed by atoms with Crippen LogP contribution in [0.25, 0.3) is 0 Å². The van der Waals surface area contributed by atoms with Crippen molar-refractivity contribution in [3.05, 3.63) is 0 Å². The number of rotatable bonds is 23. The molecule has 0 saturated heterocycles. The van der Waals surface area contributed by atoms with Gasteiger partial charge in [0.25, 0.3) is 0 Å². The van der Waals surface area contributed by atoms with E-state index in [0.717, 1.165) is 13.0 Å². The number of methoxy groups -OCH3 is 1. The fourth-order valence-corrected chi connectivity index (χ4v) is 3.33. The molecule has 0 aliphatic rings. The summed E-state index contributed by atoms with van der Waals surface area (Å²) in [5.74, 6) is -0.228. The quantitative estimate of drug-likeness (QED) is 0.139. The summed E-state index contributed by atoms with van der Waals surface area (Å²) in [4.78, 5) is 10.9. The molecule has 0 saturated carbocycles. The maximum atomic E-state index is 10.9. The summed E-state index contributed by atoms with van der Waals surface area (Å²) in [5.41, 5.74) is 0. The summed E-state index contributed by atoms with van der Waals surface area (Å²) in [6.45, 7) is 4.68. The van der Waals surface area contributed by atoms with Gasteiger partial charge in [-0.3, -0.25) is 4.79 Å². The maximum absolute atomic E-state index is 10.9. The van der Waals surface area contributed by atoms with Gasteiger partial charge in [0.05, 0.1) is 33.4 Å². The van der Waals surface area contributed by atoms with Crippen molar-refractivity contribution in [3.8, 4) is 0 Å². The largest absolute Gasteiger partial charge is 0.469 e. The molecule has 0 unspecified atom stereocenters. The van der Waals surface area contributed by atoms with Crippen molar-refractivity contribution in [2.24, 2.45) is 0 Å². The van der Waals surface area contributed by atoms with Crippen LogP contribution in [-0.2, 0) is 19.0 Å². The Labute approximate surface area is 175 Å². The van der Waals surface area contributed by atoms with Gasteiger partial charge in [-0.1, -0.05) is 103 Å². The molecular weight excluding hydrogens is 352 g/mol. The lowest BCUT2D eigenvalue weighted by Gasteiger charge is -2.06. The van der Waals surface area contributed by atoms with Gasteiger partial charge in [0.15, 0.2) is 0 Å². The zero-order valence-corrected chi connectivity index (χ0v) is 19.0. The summed E-state index contributed by atoms with van der Waals surface area (Å²) in [7, 11) is 1.39. The normalized spacial score (nSPS) is 11.1. The van der Waals surface area contributed by atoms with Crippen molar-refractivity contribution < 1.29 is 19.0 Å². The van der Waals surface area contributed by atoms with Gasteiger partial charge in [-0.15, -0.1) is 0 Å². The summed E-state index contributed by atoms with van der Waals surface area (Å²) < 4.78 is 15.4. The molecular formula is C24H48O4. The van der Waals surface area contributed by atoms with Crippen LogP contribution in [0, 0.1) is 0 Å². The SMILES string of the molecule is CCCCCCCCCCCCCCCCCCOCCOCCC(=O)OC. The van der Waals surface area contributed by atoms with Crippen molar-refractivity contribution in [1.82, 2.24) is 0 Å². The average Bonchev–Trinajstić information content (AvgIpc) is 2.71. The summed E-state index contributed by atoms with van der Waals surface area (Å²) in [6, 6.07) is 0. The molecule has 168 valence electrons. The van der Waals surface area contributed by atoms with Crippen LogP contribution in [0.2, 0.25) is 0 Å². The highest BCUT2D eigenvalue weighted by Gasteiger charge is 1.99. The maximum Gasteiger partial charge on any atom is 0.307 e. The van der Waals surface area contributed by atoms with E-state index in [1.165, 1.54) is 103 Å². The molecule has 0 bridgehead atoms. The first-order valence-electron chi connectivity index (χ1n) is 12.0. The van der Waals surface area contributed by atoms with E-state index >= 15 is 0 Å². The predicted octanol–water partition coefficient (Wildman–Crippen LogP) is 6.84. The second-order valence-corrected chi connectivity index (χ2v) is 7.85. The van der Waals surface area contributed by atoms with Crippen LogP contribution in [-0.4, -0.2) is 39.5 Å². The molecule has 28 heavy (non-hydrogen) atoms. The van der Waals surface area contributed by atoms with E-state index in [1.807, 2.05) is 0 Å². The number of hydrogen-bond donors (Lipinski definition) is 0. The van der Waals surface area contributed by atoms with Crippen LogP contribution in [0.4, 0.5) is 0 Å². The van der Waals surface area contributed by atoms with Gasteiger partial charge in [-0.05, 0) is 6.42 Å². The van der Waals surface area contributed by atoms with Crippen molar-refractivity contribution in [2.45, 2.75) is 116 Å². The number of carbonyl (C=O) groups is 1. The van der Waals surface area contributed by atoms with Crippen molar-refractivity contribution in [1.29, 1.82) is 0 Å². The lowest BCUT2D eigenvalue weighted by molar-refractivity contribution is -0.141. The van der Waals surface area contributed by atoms with Gasteiger partial charge in [0, 0.05) is 6.61 Å². The third-order valence-corrected chi connectivity index (χ3v) is 5.19. The van der Waals surface area contributed by atoms with Gasteiger partial charge < -0.3 is 14.2 Å². The molecule has 0 aliphatic carbocycles. The fourth-order valence-electron chi connectivity index (χ4n) is 3.33. The molecule has 0 aromatic heterocycles. The first kappa shape index (κ1) is 27.4. The number of carbonyl (C=O) groups excluding carboxylic acids is 1. The van der Waals surface area contributed by atoms with Crippen LogP contribution in [0.15, 0.2) is 0 Å². The molecule has 4 nitrogen and oxygen atoms in total. The molecule has 0 N–H and O–H groups in total. The molecule has 0 radical (unpaired) electrons. The summed E-state index contributed by atoms with van der Waals surface area (Å²) in [5, 5.41) is 0. The number of unbranched alkanes of at least 4 members (excludes halogenated alkanes) is 15. The van der Waals surface area contributed by atoms with E-state index in [-0.39, 0.29) is 5.97 Å². The van der Waals surface area contributed by atoms with Crippen LogP contribution < -0.4 is 0 Å². The number of hydrogen-bond acceptors (Lipinski definition) is 4. The van der Waals surface area contributed by atoms with E-state index in [4.69, 9.17) is 9.47 Å². The molecule has 0 aromatic rings. The Balaban J connectivity index is 3.00. The zero-order chi connectivity index (χ0) is 20.5. The summed E-state index contributed by atoms with van der Waals surface area (Å²) >= 11 is 0. The van der Waals surface area contributed by atoms with Crippen LogP contribution in [0.5, 0.6) is 0 Å². The average molecular weight is 401 g/mol. The lowest BCUT2D eigenvalue weighted by atomic mass is 10.0. The highest BCUT2D eigenvalue weighted by Crippen LogP contribution is 2.13. The Bertz CT molecular complexity index is 307. The van der Waals surface area contributed by atoms with E-state index < -0.39 is 0 Å². The Morgan fingerprint density at radius 3 is 1.36 bits per heavy atom. The third kappa shape index (κ3) is 23.4. The Hall–Kier alpha value is -0.610. The highest BCUT2D eigenvalue weighted by atomic mass is 16.5. The highest BCUT2D eigenvalue weighted by molar-refractivity contribution is 5.69. The van der Waals surface area contributed by atoms with E-state index in [1.54, 1.807) is 0 Å². The Morgan fingerprint density at radius 1 is 0.536 bits per heavy atom. The lowest BCUT2D eigenvalue weighted by Crippen LogP contribution is -2.09. The van der Waals surface area contributed by atoms with Crippen LogP contribution in [0.1, 0.15) is 116 Å². The van der Waals surface area contributed by atoms with Crippen molar-refractivity contribution in [3.63, 3.8) is 0 Å². The smallest absolute Gasteiger partial charge is 0.307 e. The number of ether oxygens (including phenoxy) is 3. The van der Waals surface area contributed by atoms with Gasteiger partial charge in [0.1, 0.15) is 0 Å². The molecule has 0 aromatic carbocycles. The van der Waals surface area contributed by atoms with Crippen LogP contribution in [0.3, 0.4) is 0 Å². The number of esters is 1. The molecule has 4 heteroatoms. The first-order valence-corrected chi connectivity index (χ1v) is 12.0. The van der Waals surface area contributed by atoms with E-state index in [9.17, 15) is 4.79 Å². The van der Waals surface area contributed by atoms with E-state index in [0.29, 0.717) is 26.2 Å². The Morgan fingerprint density at radius 2 is 0.929 bits per heavy atom. The molecule has 0 heterocycles. The van der Waals surface area contributed by atoms with E-state index in [2.05, 4.69) is 11.7 Å². The molecule has 0 aliphatic heterocycles. The monoisotopic (exact) mass is 400 g/mol. The topological polar surface area (TPSA) is 44.8 Å². The molecule has 0 rings (SSSR count). The van der Waals surface area contributed by atoms with Gasteiger partial charge in [-0.25, -0.2) is 0 Å². The molecule has 0 atom stereocenters. The molecule has 0 fully saturated rings. The third-order valence-electron chi connectivity index (χ3n) is 5.19. The fraction of sp³-hybridized carbons (Fsp3) is 0.958. The van der Waals surface area contributed by atoms with Crippen LogP contribution >= 0.6 is 0 Å². The minimum absolute atomic E-state index is 0.228. The molecule has 0 amide bonds. The van der Waals surface area contributed by atoms with Crippen molar-refractivity contribution in [2.75, 3.05) is 33.5 Å². The van der Waals surface area contributed by atoms with Gasteiger partial charge in [0.2, 0.25) is 0 Å². The van der Waals surface area contributed by atoms with Gasteiger partial charge in [-0.2, -0.15) is 0 Å². The van der Waals surface area contributed by atoms with Gasteiger partial charge >= 0.3 is 5.97 Å². The standard InChI is InChI=1S/C24H48O4/c1-3-4-5-6-7-8-9-10-11-12-13-14-15-16-17-18-20-27-22-23-28-21-19-24(25)26-2/h3-23H2,1-2H3. The van der Waals surface area contributed by atoms with Crippen molar-refractivity contribution >= 4 is 5.97 Å². The first-order chi connectivity index (χ1) is 13.8. The zero-order valence-electron chi connectivity index (χ0n) is 19.0. The summed E-state index contributed by atoms with van der Waals surface area (Å²) in [6.07, 6.45) is 22.5. The predicted molar refractivity (Wildman–Crippen MR) is 118 cm³/mol. The minimum Gasteiger partial charge on any atom is -0.469 e. The Kier molecular flexibility index (Phi) is 23.9. The minimum atomic E-state index is -0.228. The second kappa shape index (κ2) is 24.4. The molecule has 0 spiro atoms.